The van der Waals surface area contributed by atoms with Crippen molar-refractivity contribution in [3.63, 3.8) is 0 Å². The van der Waals surface area contributed by atoms with Gasteiger partial charge in [0.2, 0.25) is 0 Å². The summed E-state index contributed by atoms with van der Waals surface area (Å²) in [6, 6.07) is -1.10. The van der Waals surface area contributed by atoms with Crippen LogP contribution in [0, 0.1) is 0 Å². The van der Waals surface area contributed by atoms with E-state index in [1.165, 1.54) is 25.7 Å². The first-order valence-corrected chi connectivity index (χ1v) is 8.67. The topological polar surface area (TPSA) is 69.4 Å². The minimum absolute atomic E-state index is 0.215. The minimum Gasteiger partial charge on any atom is -0.468 e. The number of carbonyl (C=O) groups is 2. The minimum atomic E-state index is -1.10. The van der Waals surface area contributed by atoms with Gasteiger partial charge in [-0.05, 0) is 19.3 Å². The summed E-state index contributed by atoms with van der Waals surface area (Å²) in [5, 5.41) is 0.794. The molecular weight excluding hydrogens is 270 g/mol. The number of rotatable bonds is 8. The van der Waals surface area contributed by atoms with E-state index in [1.54, 1.807) is 0 Å². The highest BCUT2D eigenvalue weighted by Crippen LogP contribution is 2.39. The van der Waals surface area contributed by atoms with Crippen LogP contribution in [0.1, 0.15) is 38.5 Å². The molecule has 1 fully saturated rings. The van der Waals surface area contributed by atoms with Crippen LogP contribution in [-0.4, -0.2) is 35.9 Å². The molecule has 0 radical (unpaired) electrons. The largest absolute Gasteiger partial charge is 0.468 e. The van der Waals surface area contributed by atoms with Crippen molar-refractivity contribution in [2.75, 3.05) is 12.9 Å². The van der Waals surface area contributed by atoms with E-state index in [0.29, 0.717) is 6.42 Å². The number of hydrogen-bond donors (Lipinski definition) is 1. The molecule has 0 saturated carbocycles. The normalized spacial score (nSPS) is 20.7. The first kappa shape index (κ1) is 15.9. The van der Waals surface area contributed by atoms with Crippen molar-refractivity contribution < 1.29 is 14.3 Å². The fraction of sp³-hybridized carbons (Fsp3) is 0.833. The second-order valence-electron chi connectivity index (χ2n) is 4.40. The molecule has 104 valence electrons. The lowest BCUT2D eigenvalue weighted by Gasteiger charge is -2.09. The zero-order valence-corrected chi connectivity index (χ0v) is 12.4. The lowest BCUT2D eigenvalue weighted by molar-refractivity contribution is -0.145. The van der Waals surface area contributed by atoms with Crippen molar-refractivity contribution >= 4 is 33.3 Å². The lowest BCUT2D eigenvalue weighted by Crippen LogP contribution is -2.39. The Labute approximate surface area is 116 Å². The molecule has 1 saturated heterocycles. The fourth-order valence-electron chi connectivity index (χ4n) is 1.83. The number of esters is 1. The number of carbonyl (C=O) groups excluding carboxylic acids is 2. The van der Waals surface area contributed by atoms with E-state index in [-0.39, 0.29) is 5.78 Å². The number of hydrogen-bond acceptors (Lipinski definition) is 6. The summed E-state index contributed by atoms with van der Waals surface area (Å²) in [6.45, 7) is 0. The molecule has 18 heavy (non-hydrogen) atoms. The Morgan fingerprint density at radius 3 is 2.78 bits per heavy atom. The zero-order chi connectivity index (χ0) is 13.4. The Kier molecular flexibility index (Phi) is 7.77. The van der Waals surface area contributed by atoms with Crippen molar-refractivity contribution in [3.8, 4) is 0 Å². The number of nitrogens with two attached hydrogens (primary N) is 1. The highest BCUT2D eigenvalue weighted by atomic mass is 33.1. The summed E-state index contributed by atoms with van der Waals surface area (Å²) in [5.41, 5.74) is 5.46. The van der Waals surface area contributed by atoms with Gasteiger partial charge in [-0.25, -0.2) is 4.79 Å². The molecule has 4 nitrogen and oxygen atoms in total. The first-order chi connectivity index (χ1) is 8.65. The van der Waals surface area contributed by atoms with Crippen molar-refractivity contribution in [1.82, 2.24) is 0 Å². The van der Waals surface area contributed by atoms with Crippen LogP contribution in [0.4, 0.5) is 0 Å². The standard InChI is InChI=1S/C12H21NO3S2/c1-16-12(15)11(13)10(14)6-4-2-3-5-9-7-8-17-18-9/h9,11H,2-8,13H2,1H3. The molecule has 1 rings (SSSR count). The third kappa shape index (κ3) is 5.63. The molecule has 6 heteroatoms. The molecular formula is C12H21NO3S2. The second-order valence-corrected chi connectivity index (χ2v) is 7.18. The number of ketones is 1. The molecule has 2 N–H and O–H groups in total. The molecule has 0 aromatic rings. The van der Waals surface area contributed by atoms with Gasteiger partial charge in [0.1, 0.15) is 0 Å². The van der Waals surface area contributed by atoms with Crippen molar-refractivity contribution in [1.29, 1.82) is 0 Å². The lowest BCUT2D eigenvalue weighted by atomic mass is 10.0. The number of Topliss-reactive ketones (excluding diaryl/α,β-unsaturated/α-hetero) is 1. The Morgan fingerprint density at radius 2 is 2.17 bits per heavy atom. The van der Waals surface area contributed by atoms with Crippen LogP contribution in [0.3, 0.4) is 0 Å². The van der Waals surface area contributed by atoms with E-state index in [4.69, 9.17) is 5.73 Å². The highest BCUT2D eigenvalue weighted by Gasteiger charge is 2.22. The summed E-state index contributed by atoms with van der Waals surface area (Å²) in [5.74, 6) is 0.411. The van der Waals surface area contributed by atoms with Gasteiger partial charge >= 0.3 is 5.97 Å². The van der Waals surface area contributed by atoms with Gasteiger partial charge < -0.3 is 10.5 Å². The monoisotopic (exact) mass is 291 g/mol. The molecule has 0 amide bonds. The van der Waals surface area contributed by atoms with Gasteiger partial charge in [-0.15, -0.1) is 0 Å². The highest BCUT2D eigenvalue weighted by molar-refractivity contribution is 8.77. The summed E-state index contributed by atoms with van der Waals surface area (Å²) >= 11 is 0. The van der Waals surface area contributed by atoms with Gasteiger partial charge in [0, 0.05) is 17.4 Å². The van der Waals surface area contributed by atoms with Gasteiger partial charge in [-0.3, -0.25) is 4.79 Å². The van der Waals surface area contributed by atoms with E-state index in [0.717, 1.165) is 24.5 Å². The number of unbranched alkanes of at least 4 members (excludes halogenated alkanes) is 2. The summed E-state index contributed by atoms with van der Waals surface area (Å²) < 4.78 is 4.44. The molecule has 2 unspecified atom stereocenters. The molecule has 0 aromatic carbocycles. The van der Waals surface area contributed by atoms with E-state index < -0.39 is 12.0 Å². The maximum atomic E-state index is 11.5. The average Bonchev–Trinajstić information content (AvgIpc) is 2.89. The average molecular weight is 291 g/mol. The SMILES string of the molecule is COC(=O)C(N)C(=O)CCCCCC1CCSS1. The van der Waals surface area contributed by atoms with E-state index in [2.05, 4.69) is 4.74 Å². The maximum absolute atomic E-state index is 11.5. The van der Waals surface area contributed by atoms with Crippen LogP contribution in [0.2, 0.25) is 0 Å². The quantitative estimate of drug-likeness (QED) is 0.320. The van der Waals surface area contributed by atoms with Crippen molar-refractivity contribution in [2.45, 2.75) is 49.8 Å². The third-order valence-electron chi connectivity index (χ3n) is 2.98. The van der Waals surface area contributed by atoms with Gasteiger partial charge in [0.15, 0.2) is 11.8 Å². The molecule has 0 bridgehead atoms. The molecule has 0 spiro atoms. The molecule has 0 aromatic heterocycles. The molecule has 1 heterocycles. The van der Waals surface area contributed by atoms with E-state index >= 15 is 0 Å². The van der Waals surface area contributed by atoms with Crippen LogP contribution >= 0.6 is 21.6 Å². The predicted octanol–water partition coefficient (Wildman–Crippen LogP) is 2.16. The number of methoxy groups -OCH3 is 1. The third-order valence-corrected chi connectivity index (χ3v) is 5.99. The van der Waals surface area contributed by atoms with Gasteiger partial charge in [0.05, 0.1) is 7.11 Å². The predicted molar refractivity (Wildman–Crippen MR) is 76.5 cm³/mol. The number of ether oxygens (including phenoxy) is 1. The Bertz CT molecular complexity index is 280. The Balaban J connectivity index is 2.02. The molecule has 1 aliphatic rings. The van der Waals surface area contributed by atoms with Crippen LogP contribution in [0.25, 0.3) is 0 Å². The smallest absolute Gasteiger partial charge is 0.330 e. The van der Waals surface area contributed by atoms with Crippen molar-refractivity contribution in [3.05, 3.63) is 0 Å². The summed E-state index contributed by atoms with van der Waals surface area (Å²) in [6.07, 6.45) is 5.91. The first-order valence-electron chi connectivity index (χ1n) is 6.29. The molecule has 0 aliphatic carbocycles. The van der Waals surface area contributed by atoms with Crippen LogP contribution < -0.4 is 5.73 Å². The van der Waals surface area contributed by atoms with Crippen LogP contribution in [0.5, 0.6) is 0 Å². The van der Waals surface area contributed by atoms with Gasteiger partial charge in [-0.2, -0.15) is 0 Å². The van der Waals surface area contributed by atoms with E-state index in [9.17, 15) is 9.59 Å². The summed E-state index contributed by atoms with van der Waals surface area (Å²) in [4.78, 5) is 22.6. The van der Waals surface area contributed by atoms with Gasteiger partial charge in [0.25, 0.3) is 0 Å². The van der Waals surface area contributed by atoms with Gasteiger partial charge in [-0.1, -0.05) is 34.4 Å². The zero-order valence-electron chi connectivity index (χ0n) is 10.7. The second kappa shape index (κ2) is 8.82. The van der Waals surface area contributed by atoms with Crippen molar-refractivity contribution in [2.24, 2.45) is 5.73 Å². The Morgan fingerprint density at radius 1 is 1.39 bits per heavy atom. The van der Waals surface area contributed by atoms with Crippen LogP contribution in [0.15, 0.2) is 0 Å². The molecule has 1 aliphatic heterocycles. The maximum Gasteiger partial charge on any atom is 0.330 e. The molecule has 2 atom stereocenters. The summed E-state index contributed by atoms with van der Waals surface area (Å²) in [7, 11) is 5.18. The van der Waals surface area contributed by atoms with E-state index in [1.807, 2.05) is 21.6 Å². The Hall–Kier alpha value is -0.200. The fourth-order valence-corrected chi connectivity index (χ4v) is 4.85. The van der Waals surface area contributed by atoms with Crippen LogP contribution in [-0.2, 0) is 14.3 Å².